The van der Waals surface area contributed by atoms with E-state index in [-0.39, 0.29) is 12.1 Å². The van der Waals surface area contributed by atoms with Crippen LogP contribution in [0.1, 0.15) is 18.1 Å². The van der Waals surface area contributed by atoms with Crippen molar-refractivity contribution in [3.63, 3.8) is 0 Å². The second-order valence-corrected chi connectivity index (χ2v) is 5.62. The monoisotopic (exact) mass is 347 g/mol. The Morgan fingerprint density at radius 2 is 2.04 bits per heavy atom. The lowest BCUT2D eigenvalue weighted by Gasteiger charge is -2.20. The number of halogens is 1. The molecule has 3 rings (SSSR count). The van der Waals surface area contributed by atoms with Gasteiger partial charge in [-0.25, -0.2) is 4.79 Å². The van der Waals surface area contributed by atoms with Crippen LogP contribution in [0.25, 0.3) is 0 Å². The normalized spacial score (nSPS) is 12.7. The average molecular weight is 348 g/mol. The van der Waals surface area contributed by atoms with Gasteiger partial charge in [0.05, 0.1) is 11.6 Å². The minimum absolute atomic E-state index is 0.0104. The molecule has 1 aliphatic rings. The molecule has 0 bridgehead atoms. The summed E-state index contributed by atoms with van der Waals surface area (Å²) in [7, 11) is 0. The smallest absolute Gasteiger partial charge is 0.331 e. The minimum Gasteiger partial charge on any atom is -0.486 e. The summed E-state index contributed by atoms with van der Waals surface area (Å²) in [6.45, 7) is 2.92. The highest BCUT2D eigenvalue weighted by Gasteiger charge is 2.18. The quantitative estimate of drug-likeness (QED) is 0.837. The fourth-order valence-electron chi connectivity index (χ4n) is 2.53. The van der Waals surface area contributed by atoms with E-state index in [1.807, 2.05) is 6.07 Å². The Bertz CT molecular complexity index is 956. The van der Waals surface area contributed by atoms with Gasteiger partial charge in [-0.05, 0) is 24.6 Å². The predicted molar refractivity (Wildman–Crippen MR) is 86.9 cm³/mol. The van der Waals surface area contributed by atoms with E-state index in [1.165, 1.54) is 10.8 Å². The van der Waals surface area contributed by atoms with E-state index >= 15 is 0 Å². The van der Waals surface area contributed by atoms with Gasteiger partial charge in [0.1, 0.15) is 24.8 Å². The fourth-order valence-corrected chi connectivity index (χ4v) is 2.82. The molecule has 2 heterocycles. The third-order valence-corrected chi connectivity index (χ3v) is 3.98. The molecule has 0 radical (unpaired) electrons. The van der Waals surface area contributed by atoms with Crippen LogP contribution in [-0.4, -0.2) is 22.3 Å². The molecular weight excluding hydrogens is 334 g/mol. The van der Waals surface area contributed by atoms with Crippen molar-refractivity contribution in [2.75, 3.05) is 13.2 Å². The molecule has 0 amide bonds. The summed E-state index contributed by atoms with van der Waals surface area (Å²) in [6, 6.07) is 5.12. The van der Waals surface area contributed by atoms with Crippen molar-refractivity contribution < 1.29 is 9.47 Å². The second kappa shape index (κ2) is 6.42. The van der Waals surface area contributed by atoms with Gasteiger partial charge in [-0.3, -0.25) is 13.9 Å². The molecule has 0 aliphatic carbocycles. The van der Waals surface area contributed by atoms with Crippen molar-refractivity contribution in [2.45, 2.75) is 20.0 Å². The topological polar surface area (TPSA) is 86.2 Å². The van der Waals surface area contributed by atoms with Gasteiger partial charge in [-0.15, -0.1) is 0 Å². The van der Waals surface area contributed by atoms with Crippen LogP contribution in [0.5, 0.6) is 11.5 Å². The molecule has 0 unspecified atom stereocenters. The number of nitriles is 1. The van der Waals surface area contributed by atoms with Gasteiger partial charge in [0.15, 0.2) is 11.5 Å². The standard InChI is InChI=1S/C16H14ClN3O4/c1-2-19-9-11(7-18)15(21)20(16(19)22)8-10-5-12(17)14-13(6-10)23-3-4-24-14/h5-6,9H,2-4,8H2,1H3. The first-order chi connectivity index (χ1) is 11.5. The molecule has 124 valence electrons. The lowest BCUT2D eigenvalue weighted by atomic mass is 10.2. The summed E-state index contributed by atoms with van der Waals surface area (Å²) in [5.41, 5.74) is -0.577. The zero-order valence-electron chi connectivity index (χ0n) is 12.9. The van der Waals surface area contributed by atoms with Crippen molar-refractivity contribution in [3.8, 4) is 17.6 Å². The first kappa shape index (κ1) is 16.1. The number of fused-ring (bicyclic) bond motifs is 1. The summed E-state index contributed by atoms with van der Waals surface area (Å²) in [5.74, 6) is 0.930. The van der Waals surface area contributed by atoms with Crippen molar-refractivity contribution in [3.05, 3.63) is 55.3 Å². The van der Waals surface area contributed by atoms with Gasteiger partial charge in [0.25, 0.3) is 5.56 Å². The Hall–Kier alpha value is -2.72. The highest BCUT2D eigenvalue weighted by atomic mass is 35.5. The average Bonchev–Trinajstić information content (AvgIpc) is 2.59. The van der Waals surface area contributed by atoms with E-state index < -0.39 is 11.2 Å². The number of benzene rings is 1. The first-order valence-corrected chi connectivity index (χ1v) is 7.75. The Kier molecular flexibility index (Phi) is 4.32. The number of hydrogen-bond acceptors (Lipinski definition) is 5. The molecular formula is C16H14ClN3O4. The third-order valence-electron chi connectivity index (χ3n) is 3.70. The molecule has 7 nitrogen and oxygen atoms in total. The van der Waals surface area contributed by atoms with Gasteiger partial charge in [0, 0.05) is 12.7 Å². The molecule has 8 heteroatoms. The molecule has 2 aromatic rings. The largest absolute Gasteiger partial charge is 0.486 e. The van der Waals surface area contributed by atoms with Gasteiger partial charge in [0.2, 0.25) is 0 Å². The number of ether oxygens (including phenoxy) is 2. The van der Waals surface area contributed by atoms with Gasteiger partial charge >= 0.3 is 5.69 Å². The van der Waals surface area contributed by atoms with Crippen LogP contribution >= 0.6 is 11.6 Å². The number of rotatable bonds is 3. The van der Waals surface area contributed by atoms with Gasteiger partial charge in [-0.1, -0.05) is 11.6 Å². The van der Waals surface area contributed by atoms with E-state index in [2.05, 4.69) is 0 Å². The third kappa shape index (κ3) is 2.76. The van der Waals surface area contributed by atoms with Crippen molar-refractivity contribution in [1.29, 1.82) is 5.26 Å². The van der Waals surface area contributed by atoms with E-state index in [1.54, 1.807) is 19.1 Å². The molecule has 0 spiro atoms. The molecule has 24 heavy (non-hydrogen) atoms. The Balaban J connectivity index is 2.09. The van der Waals surface area contributed by atoms with Crippen LogP contribution in [0.2, 0.25) is 5.02 Å². The van der Waals surface area contributed by atoms with E-state index in [9.17, 15) is 9.59 Å². The summed E-state index contributed by atoms with van der Waals surface area (Å²) in [4.78, 5) is 24.7. The first-order valence-electron chi connectivity index (χ1n) is 7.37. The van der Waals surface area contributed by atoms with Crippen molar-refractivity contribution in [1.82, 2.24) is 9.13 Å². The van der Waals surface area contributed by atoms with Crippen LogP contribution in [0.4, 0.5) is 0 Å². The zero-order chi connectivity index (χ0) is 17.3. The van der Waals surface area contributed by atoms with Crippen LogP contribution in [0.3, 0.4) is 0 Å². The highest BCUT2D eigenvalue weighted by Crippen LogP contribution is 2.38. The number of aromatic nitrogens is 2. The molecule has 1 aromatic carbocycles. The highest BCUT2D eigenvalue weighted by molar-refractivity contribution is 6.32. The summed E-state index contributed by atoms with van der Waals surface area (Å²) in [6.07, 6.45) is 1.28. The summed E-state index contributed by atoms with van der Waals surface area (Å²) in [5, 5.41) is 9.44. The van der Waals surface area contributed by atoms with Crippen LogP contribution in [-0.2, 0) is 13.1 Å². The molecule has 1 aromatic heterocycles. The van der Waals surface area contributed by atoms with Gasteiger partial charge < -0.3 is 9.47 Å². The predicted octanol–water partition coefficient (Wildman–Crippen LogP) is 1.37. The minimum atomic E-state index is -0.627. The van der Waals surface area contributed by atoms with Gasteiger partial charge in [-0.2, -0.15) is 5.26 Å². The summed E-state index contributed by atoms with van der Waals surface area (Å²) < 4.78 is 13.3. The van der Waals surface area contributed by atoms with Crippen LogP contribution < -0.4 is 20.7 Å². The Morgan fingerprint density at radius 1 is 1.29 bits per heavy atom. The van der Waals surface area contributed by atoms with E-state index in [4.69, 9.17) is 26.3 Å². The molecule has 0 N–H and O–H groups in total. The maximum atomic E-state index is 12.4. The second-order valence-electron chi connectivity index (χ2n) is 5.22. The molecule has 0 fully saturated rings. The van der Waals surface area contributed by atoms with E-state index in [0.29, 0.717) is 41.8 Å². The van der Waals surface area contributed by atoms with Crippen LogP contribution in [0, 0.1) is 11.3 Å². The maximum absolute atomic E-state index is 12.4. The SMILES string of the molecule is CCn1cc(C#N)c(=O)n(Cc2cc(Cl)c3c(c2)OCCO3)c1=O. The Labute approximate surface area is 142 Å². The van der Waals surface area contributed by atoms with Crippen molar-refractivity contribution >= 4 is 11.6 Å². The molecule has 1 aliphatic heterocycles. The Morgan fingerprint density at radius 3 is 2.75 bits per heavy atom. The van der Waals surface area contributed by atoms with Crippen LogP contribution in [0.15, 0.2) is 27.9 Å². The van der Waals surface area contributed by atoms with E-state index in [0.717, 1.165) is 4.57 Å². The molecule has 0 saturated carbocycles. The number of aryl methyl sites for hydroxylation is 1. The van der Waals surface area contributed by atoms with Crippen molar-refractivity contribution in [2.24, 2.45) is 0 Å². The summed E-state index contributed by atoms with van der Waals surface area (Å²) >= 11 is 6.18. The zero-order valence-corrected chi connectivity index (χ0v) is 13.7. The lowest BCUT2D eigenvalue weighted by Crippen LogP contribution is -2.40. The number of hydrogen-bond donors (Lipinski definition) is 0. The molecule has 0 saturated heterocycles. The number of nitrogens with zero attached hydrogens (tertiary/aromatic N) is 3. The lowest BCUT2D eigenvalue weighted by molar-refractivity contribution is 0.171. The maximum Gasteiger partial charge on any atom is 0.331 e. The fraction of sp³-hybridized carbons (Fsp3) is 0.312. The molecule has 0 atom stereocenters.